The fourth-order valence-electron chi connectivity index (χ4n) is 2.38. The molecule has 0 spiro atoms. The van der Waals surface area contributed by atoms with Crippen LogP contribution in [0.25, 0.3) is 0 Å². The second kappa shape index (κ2) is 6.91. The topological polar surface area (TPSA) is 15.3 Å². The van der Waals surface area contributed by atoms with Crippen LogP contribution in [0, 0.1) is 12.3 Å². The van der Waals surface area contributed by atoms with Gasteiger partial charge in [-0.3, -0.25) is 0 Å². The molecule has 1 aromatic carbocycles. The fourth-order valence-corrected chi connectivity index (χ4v) is 2.38. The van der Waals surface area contributed by atoms with E-state index in [1.54, 1.807) is 0 Å². The molecule has 0 aromatic heterocycles. The Balaban J connectivity index is 2.51. The maximum atomic E-state index is 3.44. The Hall–Kier alpha value is -0.860. The van der Waals surface area contributed by atoms with Crippen LogP contribution in [0.2, 0.25) is 0 Å². The zero-order valence-corrected chi connectivity index (χ0v) is 12.6. The second-order valence-corrected chi connectivity index (χ2v) is 6.04. The van der Waals surface area contributed by atoms with Crippen LogP contribution in [0.1, 0.15) is 31.9 Å². The van der Waals surface area contributed by atoms with Gasteiger partial charge in [0.2, 0.25) is 0 Å². The maximum Gasteiger partial charge on any atom is 0.0233 e. The van der Waals surface area contributed by atoms with E-state index in [4.69, 9.17) is 0 Å². The smallest absolute Gasteiger partial charge is 0.0233 e. The molecule has 0 amide bonds. The van der Waals surface area contributed by atoms with Crippen LogP contribution in [-0.2, 0) is 6.54 Å². The van der Waals surface area contributed by atoms with E-state index in [9.17, 15) is 0 Å². The first-order valence-corrected chi connectivity index (χ1v) is 6.88. The first-order valence-electron chi connectivity index (χ1n) is 6.88. The number of aryl methyl sites for hydroxylation is 1. The largest absolute Gasteiger partial charge is 0.316 e. The Morgan fingerprint density at radius 1 is 1.22 bits per heavy atom. The van der Waals surface area contributed by atoms with E-state index in [1.807, 2.05) is 0 Å². The van der Waals surface area contributed by atoms with Crippen LogP contribution < -0.4 is 5.32 Å². The van der Waals surface area contributed by atoms with Crippen molar-refractivity contribution in [3.05, 3.63) is 35.4 Å². The number of hydrogen-bond acceptors (Lipinski definition) is 2. The molecule has 0 heterocycles. The Morgan fingerprint density at radius 2 is 1.89 bits per heavy atom. The molecular formula is C16H28N2. The third-order valence-corrected chi connectivity index (χ3v) is 3.25. The van der Waals surface area contributed by atoms with E-state index >= 15 is 0 Å². The summed E-state index contributed by atoms with van der Waals surface area (Å²) < 4.78 is 0. The number of hydrogen-bond donors (Lipinski definition) is 1. The van der Waals surface area contributed by atoms with E-state index in [0.29, 0.717) is 5.41 Å². The van der Waals surface area contributed by atoms with Crippen molar-refractivity contribution in [2.75, 3.05) is 26.7 Å². The molecule has 0 aliphatic carbocycles. The van der Waals surface area contributed by atoms with Gasteiger partial charge in [-0.05, 0) is 37.1 Å². The highest BCUT2D eigenvalue weighted by molar-refractivity contribution is 5.25. The Morgan fingerprint density at radius 3 is 2.50 bits per heavy atom. The minimum absolute atomic E-state index is 0.313. The molecule has 2 nitrogen and oxygen atoms in total. The summed E-state index contributed by atoms with van der Waals surface area (Å²) in [6.45, 7) is 13.2. The van der Waals surface area contributed by atoms with Crippen LogP contribution in [0.15, 0.2) is 24.3 Å². The molecule has 0 saturated carbocycles. The summed E-state index contributed by atoms with van der Waals surface area (Å²) >= 11 is 0. The summed E-state index contributed by atoms with van der Waals surface area (Å²) in [7, 11) is 2.21. The summed E-state index contributed by atoms with van der Waals surface area (Å²) in [5.74, 6) is 0. The lowest BCUT2D eigenvalue weighted by molar-refractivity contribution is 0.199. The van der Waals surface area contributed by atoms with E-state index in [2.05, 4.69) is 69.2 Å². The van der Waals surface area contributed by atoms with E-state index in [0.717, 1.165) is 26.2 Å². The van der Waals surface area contributed by atoms with Crippen LogP contribution in [0.3, 0.4) is 0 Å². The Kier molecular flexibility index (Phi) is 5.83. The first-order chi connectivity index (χ1) is 8.44. The van der Waals surface area contributed by atoms with Gasteiger partial charge in [0.1, 0.15) is 0 Å². The molecule has 0 fully saturated rings. The predicted octanol–water partition coefficient (Wildman–Crippen LogP) is 3.06. The summed E-state index contributed by atoms with van der Waals surface area (Å²) in [5.41, 5.74) is 3.13. The number of nitrogens with one attached hydrogen (secondary N) is 1. The zero-order chi connectivity index (χ0) is 13.6. The first kappa shape index (κ1) is 15.2. The SMILES string of the molecule is CCNCC(C)(C)CN(C)Cc1ccccc1C. The average Bonchev–Trinajstić information content (AvgIpc) is 2.29. The number of nitrogens with zero attached hydrogens (tertiary/aromatic N) is 1. The molecule has 1 N–H and O–H groups in total. The van der Waals surface area contributed by atoms with E-state index < -0.39 is 0 Å². The molecule has 0 aliphatic rings. The molecule has 0 atom stereocenters. The normalized spacial score (nSPS) is 12.1. The van der Waals surface area contributed by atoms with Crippen molar-refractivity contribution in [1.82, 2.24) is 10.2 Å². The highest BCUT2D eigenvalue weighted by atomic mass is 15.1. The highest BCUT2D eigenvalue weighted by Crippen LogP contribution is 2.17. The van der Waals surface area contributed by atoms with Crippen molar-refractivity contribution in [3.8, 4) is 0 Å². The molecule has 102 valence electrons. The van der Waals surface area contributed by atoms with Crippen molar-refractivity contribution in [1.29, 1.82) is 0 Å². The lowest BCUT2D eigenvalue weighted by atomic mass is 9.92. The van der Waals surface area contributed by atoms with Crippen molar-refractivity contribution in [2.45, 2.75) is 34.2 Å². The van der Waals surface area contributed by atoms with E-state index in [-0.39, 0.29) is 0 Å². The lowest BCUT2D eigenvalue weighted by Gasteiger charge is -2.30. The molecule has 18 heavy (non-hydrogen) atoms. The Labute approximate surface area is 112 Å². The maximum absolute atomic E-state index is 3.44. The van der Waals surface area contributed by atoms with Crippen LogP contribution in [0.5, 0.6) is 0 Å². The molecule has 2 heteroatoms. The quantitative estimate of drug-likeness (QED) is 0.798. The van der Waals surface area contributed by atoms with Gasteiger partial charge in [-0.1, -0.05) is 45.0 Å². The van der Waals surface area contributed by atoms with Crippen LogP contribution in [0.4, 0.5) is 0 Å². The number of benzene rings is 1. The average molecular weight is 248 g/mol. The standard InChI is InChI=1S/C16H28N2/c1-6-17-12-16(3,4)13-18(5)11-15-10-8-7-9-14(15)2/h7-10,17H,6,11-13H2,1-5H3. The van der Waals surface area contributed by atoms with Gasteiger partial charge in [-0.2, -0.15) is 0 Å². The second-order valence-electron chi connectivity index (χ2n) is 6.04. The summed E-state index contributed by atoms with van der Waals surface area (Å²) in [6.07, 6.45) is 0. The molecule has 1 rings (SSSR count). The monoisotopic (exact) mass is 248 g/mol. The van der Waals surface area contributed by atoms with Gasteiger partial charge in [0.15, 0.2) is 0 Å². The third kappa shape index (κ3) is 5.19. The van der Waals surface area contributed by atoms with Crippen molar-refractivity contribution in [2.24, 2.45) is 5.41 Å². The lowest BCUT2D eigenvalue weighted by Crippen LogP contribution is -2.38. The molecule has 0 aliphatic heterocycles. The summed E-state index contributed by atoms with van der Waals surface area (Å²) in [4.78, 5) is 2.42. The van der Waals surface area contributed by atoms with Gasteiger partial charge < -0.3 is 10.2 Å². The van der Waals surface area contributed by atoms with E-state index in [1.165, 1.54) is 11.1 Å². The van der Waals surface area contributed by atoms with Gasteiger partial charge in [0.25, 0.3) is 0 Å². The summed E-state index contributed by atoms with van der Waals surface area (Å²) in [5, 5.41) is 3.44. The van der Waals surface area contributed by atoms with Gasteiger partial charge in [0.05, 0.1) is 0 Å². The molecule has 0 saturated heterocycles. The van der Waals surface area contributed by atoms with Crippen molar-refractivity contribution < 1.29 is 0 Å². The Bertz CT molecular complexity index is 358. The van der Waals surface area contributed by atoms with Crippen LogP contribution in [-0.4, -0.2) is 31.6 Å². The summed E-state index contributed by atoms with van der Waals surface area (Å²) in [6, 6.07) is 8.64. The molecule has 0 unspecified atom stereocenters. The van der Waals surface area contributed by atoms with Gasteiger partial charge in [-0.25, -0.2) is 0 Å². The minimum Gasteiger partial charge on any atom is -0.316 e. The molecule has 1 aromatic rings. The van der Waals surface area contributed by atoms with Gasteiger partial charge >= 0.3 is 0 Å². The van der Waals surface area contributed by atoms with Gasteiger partial charge in [-0.15, -0.1) is 0 Å². The fraction of sp³-hybridized carbons (Fsp3) is 0.625. The molecular weight excluding hydrogens is 220 g/mol. The third-order valence-electron chi connectivity index (χ3n) is 3.25. The highest BCUT2D eigenvalue weighted by Gasteiger charge is 2.19. The van der Waals surface area contributed by atoms with Crippen molar-refractivity contribution >= 4 is 0 Å². The number of rotatable bonds is 7. The molecule has 0 radical (unpaired) electrons. The zero-order valence-electron chi connectivity index (χ0n) is 12.6. The molecule has 0 bridgehead atoms. The van der Waals surface area contributed by atoms with Crippen molar-refractivity contribution in [3.63, 3.8) is 0 Å². The van der Waals surface area contributed by atoms with Gasteiger partial charge in [0, 0.05) is 19.6 Å². The van der Waals surface area contributed by atoms with Crippen LogP contribution >= 0.6 is 0 Å². The minimum atomic E-state index is 0.313. The predicted molar refractivity (Wildman–Crippen MR) is 79.8 cm³/mol.